The van der Waals surface area contributed by atoms with Crippen LogP contribution < -0.4 is 0 Å². The first-order valence-electron chi connectivity index (χ1n) is 2.71. The normalized spacial score (nSPS) is 13.4. The third kappa shape index (κ3) is 4.53. The smallest absolute Gasteiger partial charge is 0.311 e. The van der Waals surface area contributed by atoms with Gasteiger partial charge < -0.3 is 9.05 Å². The van der Waals surface area contributed by atoms with Gasteiger partial charge in [0, 0.05) is 20.5 Å². The zero-order valence-electron chi connectivity index (χ0n) is 6.60. The van der Waals surface area contributed by atoms with Gasteiger partial charge in [-0.15, -0.1) is 0 Å². The van der Waals surface area contributed by atoms with Crippen LogP contribution in [0.2, 0.25) is 0 Å². The fourth-order valence-electron chi connectivity index (χ4n) is 0.467. The Morgan fingerprint density at radius 1 is 1.27 bits per heavy atom. The molecule has 68 valence electrons. The molecule has 0 heterocycles. The molecule has 0 saturated heterocycles. The van der Waals surface area contributed by atoms with Crippen LogP contribution in [0.25, 0.3) is 0 Å². The molecular formula is C4H11O5PS. The van der Waals surface area contributed by atoms with E-state index in [1.54, 1.807) is 0 Å². The van der Waals surface area contributed by atoms with Crippen LogP contribution in [0.5, 0.6) is 0 Å². The predicted octanol–water partition coefficient (Wildman–Crippen LogP) is 0.474. The minimum absolute atomic E-state index is 0.576. The number of hydrogen-bond acceptors (Lipinski definition) is 5. The van der Waals surface area contributed by atoms with Crippen LogP contribution in [0, 0.1) is 0 Å². The lowest BCUT2D eigenvalue weighted by atomic mass is 11.8. The van der Waals surface area contributed by atoms with Gasteiger partial charge in [0.15, 0.2) is 15.3 Å². The molecule has 0 amide bonds. The van der Waals surface area contributed by atoms with Gasteiger partial charge in [0.1, 0.15) is 0 Å². The zero-order chi connectivity index (χ0) is 9.12. The molecular weight excluding hydrogens is 191 g/mol. The molecule has 0 fully saturated rings. The van der Waals surface area contributed by atoms with E-state index in [-0.39, 0.29) is 0 Å². The first-order chi connectivity index (χ1) is 4.83. The Kier molecular flexibility index (Phi) is 3.70. The van der Waals surface area contributed by atoms with Crippen LogP contribution in [0.4, 0.5) is 0 Å². The van der Waals surface area contributed by atoms with E-state index in [1.807, 2.05) is 0 Å². The minimum Gasteiger partial charge on any atom is -0.311 e. The molecule has 0 N–H and O–H groups in total. The van der Waals surface area contributed by atoms with Gasteiger partial charge in [0.05, 0.1) is 0 Å². The van der Waals surface area contributed by atoms with E-state index < -0.39 is 22.9 Å². The maximum atomic E-state index is 11.1. The van der Waals surface area contributed by atoms with Crippen molar-refractivity contribution < 1.29 is 22.0 Å². The standard InChI is InChI=1S/C4H11O5PS/c1-8-10(5,9-2)4-11(3,6)7/h4H2,1-3H3. The van der Waals surface area contributed by atoms with Crippen molar-refractivity contribution >= 4 is 17.4 Å². The zero-order valence-corrected chi connectivity index (χ0v) is 8.31. The molecule has 0 aromatic carbocycles. The number of hydrogen-bond donors (Lipinski definition) is 0. The topological polar surface area (TPSA) is 69.7 Å². The molecule has 0 unspecified atom stereocenters. The highest BCUT2D eigenvalue weighted by Gasteiger charge is 2.26. The summed E-state index contributed by atoms with van der Waals surface area (Å²) in [5, 5.41) is 0. The molecule has 0 aliphatic heterocycles. The molecule has 0 aliphatic carbocycles. The summed E-state index contributed by atoms with van der Waals surface area (Å²) < 4.78 is 41.2. The van der Waals surface area contributed by atoms with Gasteiger partial charge in [-0.3, -0.25) is 4.57 Å². The Bertz CT molecular complexity index is 248. The summed E-state index contributed by atoms with van der Waals surface area (Å²) in [4.78, 5) is 0. The van der Waals surface area contributed by atoms with Gasteiger partial charge >= 0.3 is 7.60 Å². The van der Waals surface area contributed by atoms with Crippen LogP contribution in [0.1, 0.15) is 0 Å². The lowest BCUT2D eigenvalue weighted by Crippen LogP contribution is -2.05. The number of sulfone groups is 1. The van der Waals surface area contributed by atoms with Crippen molar-refractivity contribution in [3.63, 3.8) is 0 Å². The Labute approximate surface area is 66.1 Å². The summed E-state index contributed by atoms with van der Waals surface area (Å²) >= 11 is 0. The lowest BCUT2D eigenvalue weighted by Gasteiger charge is -2.11. The third-order valence-corrected chi connectivity index (χ3v) is 5.20. The lowest BCUT2D eigenvalue weighted by molar-refractivity contribution is 0.280. The molecule has 0 bridgehead atoms. The maximum absolute atomic E-state index is 11.1. The van der Waals surface area contributed by atoms with Crippen molar-refractivity contribution in [2.24, 2.45) is 0 Å². The van der Waals surface area contributed by atoms with E-state index in [2.05, 4.69) is 9.05 Å². The molecule has 11 heavy (non-hydrogen) atoms. The second kappa shape index (κ2) is 3.67. The van der Waals surface area contributed by atoms with Crippen molar-refractivity contribution in [2.45, 2.75) is 0 Å². The van der Waals surface area contributed by atoms with Crippen molar-refractivity contribution in [3.05, 3.63) is 0 Å². The van der Waals surface area contributed by atoms with Gasteiger partial charge in [-0.05, 0) is 0 Å². The van der Waals surface area contributed by atoms with E-state index in [9.17, 15) is 13.0 Å². The third-order valence-electron chi connectivity index (χ3n) is 0.949. The quantitative estimate of drug-likeness (QED) is 0.620. The monoisotopic (exact) mass is 202 g/mol. The van der Waals surface area contributed by atoms with E-state index in [0.29, 0.717) is 0 Å². The van der Waals surface area contributed by atoms with E-state index in [0.717, 1.165) is 20.5 Å². The molecule has 0 saturated carbocycles. The van der Waals surface area contributed by atoms with Crippen LogP contribution >= 0.6 is 7.60 Å². The highest BCUT2D eigenvalue weighted by atomic mass is 32.2. The van der Waals surface area contributed by atoms with Crippen molar-refractivity contribution in [1.82, 2.24) is 0 Å². The summed E-state index contributed by atoms with van der Waals surface area (Å²) in [6.45, 7) is 0. The summed E-state index contributed by atoms with van der Waals surface area (Å²) in [6.07, 6.45) is 0.970. The van der Waals surface area contributed by atoms with Crippen LogP contribution in [-0.4, -0.2) is 34.4 Å². The Morgan fingerprint density at radius 2 is 1.64 bits per heavy atom. The van der Waals surface area contributed by atoms with Crippen LogP contribution in [-0.2, 0) is 23.4 Å². The molecule has 0 spiro atoms. The molecule has 5 nitrogen and oxygen atoms in total. The Morgan fingerprint density at radius 3 is 1.73 bits per heavy atom. The maximum Gasteiger partial charge on any atom is 0.345 e. The summed E-state index contributed by atoms with van der Waals surface area (Å²) in [5.74, 6) is 0. The summed E-state index contributed by atoms with van der Waals surface area (Å²) in [5.41, 5.74) is -0.576. The highest BCUT2D eigenvalue weighted by molar-refractivity contribution is 7.97. The Balaban J connectivity index is 4.47. The van der Waals surface area contributed by atoms with Gasteiger partial charge in [-0.1, -0.05) is 0 Å². The fraction of sp³-hybridized carbons (Fsp3) is 1.00. The van der Waals surface area contributed by atoms with Gasteiger partial charge in [-0.25, -0.2) is 8.42 Å². The molecule has 7 heteroatoms. The molecule has 0 radical (unpaired) electrons. The first-order valence-corrected chi connectivity index (χ1v) is 6.50. The van der Waals surface area contributed by atoms with E-state index in [1.165, 1.54) is 0 Å². The second-order valence-electron chi connectivity index (χ2n) is 2.03. The second-order valence-corrected chi connectivity index (χ2v) is 6.87. The minimum atomic E-state index is -3.39. The first kappa shape index (κ1) is 11.1. The molecule has 0 rings (SSSR count). The van der Waals surface area contributed by atoms with Crippen LogP contribution in [0.3, 0.4) is 0 Å². The molecule has 0 aromatic heterocycles. The average Bonchev–Trinajstić information content (AvgIpc) is 1.84. The molecule has 0 aliphatic rings. The molecule has 0 aromatic rings. The van der Waals surface area contributed by atoms with Crippen molar-refractivity contribution in [2.75, 3.05) is 26.0 Å². The van der Waals surface area contributed by atoms with E-state index in [4.69, 9.17) is 0 Å². The highest BCUT2D eigenvalue weighted by Crippen LogP contribution is 2.47. The largest absolute Gasteiger partial charge is 0.345 e. The van der Waals surface area contributed by atoms with Gasteiger partial charge in [0.2, 0.25) is 0 Å². The van der Waals surface area contributed by atoms with Gasteiger partial charge in [0.25, 0.3) is 0 Å². The predicted molar refractivity (Wildman–Crippen MR) is 41.3 cm³/mol. The van der Waals surface area contributed by atoms with Crippen molar-refractivity contribution in [1.29, 1.82) is 0 Å². The SMILES string of the molecule is COP(=O)(CS(C)(=O)=O)OC. The van der Waals surface area contributed by atoms with Crippen LogP contribution in [0.15, 0.2) is 0 Å². The summed E-state index contributed by atoms with van der Waals surface area (Å²) in [6, 6.07) is 0. The summed E-state index contributed by atoms with van der Waals surface area (Å²) in [7, 11) is -4.41. The van der Waals surface area contributed by atoms with Gasteiger partial charge in [-0.2, -0.15) is 0 Å². The average molecular weight is 202 g/mol. The fourth-order valence-corrected chi connectivity index (χ4v) is 3.76. The Hall–Kier alpha value is 0.100. The van der Waals surface area contributed by atoms with Crippen molar-refractivity contribution in [3.8, 4) is 0 Å². The molecule has 0 atom stereocenters. The van der Waals surface area contributed by atoms with E-state index >= 15 is 0 Å². The number of rotatable bonds is 4.